The van der Waals surface area contributed by atoms with Crippen molar-refractivity contribution in [1.82, 2.24) is 4.90 Å². The van der Waals surface area contributed by atoms with Gasteiger partial charge in [0.15, 0.2) is 0 Å². The van der Waals surface area contributed by atoms with Crippen LogP contribution in [0, 0.1) is 5.92 Å². The van der Waals surface area contributed by atoms with Crippen LogP contribution in [0.3, 0.4) is 0 Å². The zero-order chi connectivity index (χ0) is 13.7. The Bertz CT molecular complexity index is 389. The first-order valence-electron chi connectivity index (χ1n) is 6.94. The zero-order valence-electron chi connectivity index (χ0n) is 11.4. The number of rotatable bonds is 5. The van der Waals surface area contributed by atoms with Crippen LogP contribution in [0.1, 0.15) is 19.8 Å². The number of hydrogen-bond donors (Lipinski definition) is 1. The van der Waals surface area contributed by atoms with Gasteiger partial charge in [-0.3, -0.25) is 4.90 Å². The lowest BCUT2D eigenvalue weighted by Gasteiger charge is -2.33. The monoisotopic (exact) mass is 327 g/mol. The molecule has 1 atom stereocenters. The Kier molecular flexibility index (Phi) is 5.67. The maximum atomic E-state index is 9.57. The fourth-order valence-corrected chi connectivity index (χ4v) is 2.89. The molecule has 1 N–H and O–H groups in total. The van der Waals surface area contributed by atoms with E-state index in [2.05, 4.69) is 20.8 Å². The first kappa shape index (κ1) is 14.8. The molecule has 0 bridgehead atoms. The van der Waals surface area contributed by atoms with Crippen LogP contribution in [-0.2, 0) is 0 Å². The predicted molar refractivity (Wildman–Crippen MR) is 80.5 cm³/mol. The molecule has 1 aliphatic rings. The number of piperidine rings is 1. The molecule has 1 aliphatic heterocycles. The van der Waals surface area contributed by atoms with Crippen molar-refractivity contribution in [3.63, 3.8) is 0 Å². The van der Waals surface area contributed by atoms with Crippen molar-refractivity contribution in [2.75, 3.05) is 26.2 Å². The molecule has 0 aliphatic carbocycles. The summed E-state index contributed by atoms with van der Waals surface area (Å²) >= 11 is 3.44. The maximum absolute atomic E-state index is 9.57. The van der Waals surface area contributed by atoms with Crippen LogP contribution < -0.4 is 4.74 Å². The van der Waals surface area contributed by atoms with Crippen LogP contribution >= 0.6 is 15.9 Å². The van der Waals surface area contributed by atoms with Gasteiger partial charge < -0.3 is 9.84 Å². The molecule has 0 amide bonds. The van der Waals surface area contributed by atoms with Crippen molar-refractivity contribution in [2.24, 2.45) is 5.92 Å². The lowest BCUT2D eigenvalue weighted by atomic mass is 9.92. The predicted octanol–water partition coefficient (Wildman–Crippen LogP) is 2.92. The zero-order valence-corrected chi connectivity index (χ0v) is 13.0. The van der Waals surface area contributed by atoms with Crippen molar-refractivity contribution in [1.29, 1.82) is 0 Å². The Hall–Kier alpha value is -0.580. The van der Waals surface area contributed by atoms with Crippen LogP contribution in [0.15, 0.2) is 28.7 Å². The molecule has 1 unspecified atom stereocenters. The highest BCUT2D eigenvalue weighted by Gasteiger charge is 2.22. The van der Waals surface area contributed by atoms with Gasteiger partial charge in [0.05, 0.1) is 6.10 Å². The number of nitrogens with zero attached hydrogens (tertiary/aromatic N) is 1. The average Bonchev–Trinajstić information content (AvgIpc) is 2.39. The van der Waals surface area contributed by atoms with Crippen LogP contribution in [0.5, 0.6) is 5.75 Å². The van der Waals surface area contributed by atoms with E-state index in [1.807, 2.05) is 31.2 Å². The van der Waals surface area contributed by atoms with Gasteiger partial charge in [0.2, 0.25) is 0 Å². The van der Waals surface area contributed by atoms with E-state index in [1.165, 1.54) is 0 Å². The maximum Gasteiger partial charge on any atom is 0.120 e. The number of benzene rings is 1. The highest BCUT2D eigenvalue weighted by atomic mass is 79.9. The van der Waals surface area contributed by atoms with Crippen molar-refractivity contribution in [3.8, 4) is 5.75 Å². The molecule has 1 aromatic rings. The molecule has 1 aromatic carbocycles. The smallest absolute Gasteiger partial charge is 0.120 e. The Morgan fingerprint density at radius 2 is 2.16 bits per heavy atom. The second-order valence-electron chi connectivity index (χ2n) is 5.23. The van der Waals surface area contributed by atoms with Gasteiger partial charge in [-0.15, -0.1) is 0 Å². The van der Waals surface area contributed by atoms with Gasteiger partial charge in [0.1, 0.15) is 12.4 Å². The summed E-state index contributed by atoms with van der Waals surface area (Å²) in [6.07, 6.45) is 2.02. The van der Waals surface area contributed by atoms with Crippen molar-refractivity contribution in [2.45, 2.75) is 25.9 Å². The SMILES string of the molecule is CC(O)C1CCN(CCOc2cccc(Br)c2)CC1. The third kappa shape index (κ3) is 4.79. The minimum absolute atomic E-state index is 0.167. The summed E-state index contributed by atoms with van der Waals surface area (Å²) in [6, 6.07) is 7.94. The molecule has 19 heavy (non-hydrogen) atoms. The van der Waals surface area contributed by atoms with E-state index in [9.17, 15) is 5.11 Å². The van der Waals surface area contributed by atoms with Crippen molar-refractivity contribution < 1.29 is 9.84 Å². The summed E-state index contributed by atoms with van der Waals surface area (Å²) in [7, 11) is 0. The highest BCUT2D eigenvalue weighted by Crippen LogP contribution is 2.21. The summed E-state index contributed by atoms with van der Waals surface area (Å²) in [4.78, 5) is 2.41. The van der Waals surface area contributed by atoms with Crippen LogP contribution in [0.4, 0.5) is 0 Å². The van der Waals surface area contributed by atoms with E-state index in [0.717, 1.165) is 49.3 Å². The summed E-state index contributed by atoms with van der Waals surface area (Å²) in [5.41, 5.74) is 0. The van der Waals surface area contributed by atoms with Crippen molar-refractivity contribution >= 4 is 15.9 Å². The fraction of sp³-hybridized carbons (Fsp3) is 0.600. The number of ether oxygens (including phenoxy) is 1. The second kappa shape index (κ2) is 7.27. The molecule has 3 nitrogen and oxygen atoms in total. The number of aliphatic hydroxyl groups excluding tert-OH is 1. The molecule has 0 radical (unpaired) electrons. The van der Waals surface area contributed by atoms with E-state index < -0.39 is 0 Å². The normalized spacial score (nSPS) is 19.3. The van der Waals surface area contributed by atoms with E-state index in [4.69, 9.17) is 4.74 Å². The van der Waals surface area contributed by atoms with Crippen LogP contribution in [0.2, 0.25) is 0 Å². The largest absolute Gasteiger partial charge is 0.492 e. The number of likely N-dealkylation sites (tertiary alicyclic amines) is 1. The van der Waals surface area contributed by atoms with Gasteiger partial charge in [-0.05, 0) is 57.0 Å². The van der Waals surface area contributed by atoms with E-state index in [-0.39, 0.29) is 6.10 Å². The molecule has 1 fully saturated rings. The Balaban J connectivity index is 1.67. The number of aliphatic hydroxyl groups is 1. The molecule has 0 spiro atoms. The minimum Gasteiger partial charge on any atom is -0.492 e. The third-order valence-electron chi connectivity index (χ3n) is 3.79. The van der Waals surface area contributed by atoms with Gasteiger partial charge >= 0.3 is 0 Å². The topological polar surface area (TPSA) is 32.7 Å². The fourth-order valence-electron chi connectivity index (χ4n) is 2.51. The lowest BCUT2D eigenvalue weighted by molar-refractivity contribution is 0.0672. The lowest BCUT2D eigenvalue weighted by Crippen LogP contribution is -2.39. The van der Waals surface area contributed by atoms with Gasteiger partial charge in [-0.2, -0.15) is 0 Å². The molecule has 4 heteroatoms. The van der Waals surface area contributed by atoms with E-state index in [1.54, 1.807) is 0 Å². The average molecular weight is 328 g/mol. The third-order valence-corrected chi connectivity index (χ3v) is 4.28. The van der Waals surface area contributed by atoms with Gasteiger partial charge in [-0.1, -0.05) is 22.0 Å². The summed E-state index contributed by atoms with van der Waals surface area (Å²) in [6.45, 7) is 5.71. The second-order valence-corrected chi connectivity index (χ2v) is 6.14. The molecule has 1 heterocycles. The summed E-state index contributed by atoms with van der Waals surface area (Å²) < 4.78 is 6.79. The minimum atomic E-state index is -0.167. The molecular weight excluding hydrogens is 306 g/mol. The highest BCUT2D eigenvalue weighted by molar-refractivity contribution is 9.10. The standard InChI is InChI=1S/C15H22BrNO2/c1-12(18)13-5-7-17(8-6-13)9-10-19-15-4-2-3-14(16)11-15/h2-4,11-13,18H,5-10H2,1H3. The van der Waals surface area contributed by atoms with Gasteiger partial charge in [0.25, 0.3) is 0 Å². The molecule has 0 saturated carbocycles. The Morgan fingerprint density at radius 3 is 2.79 bits per heavy atom. The van der Waals surface area contributed by atoms with Crippen LogP contribution in [0.25, 0.3) is 0 Å². The van der Waals surface area contributed by atoms with Gasteiger partial charge in [0, 0.05) is 11.0 Å². The molecular formula is C15H22BrNO2. The first-order chi connectivity index (χ1) is 9.15. The van der Waals surface area contributed by atoms with Gasteiger partial charge in [-0.25, -0.2) is 0 Å². The van der Waals surface area contributed by atoms with Crippen molar-refractivity contribution in [3.05, 3.63) is 28.7 Å². The van der Waals surface area contributed by atoms with E-state index >= 15 is 0 Å². The Morgan fingerprint density at radius 1 is 1.42 bits per heavy atom. The summed E-state index contributed by atoms with van der Waals surface area (Å²) in [5.74, 6) is 1.38. The molecule has 1 saturated heterocycles. The van der Waals surface area contributed by atoms with E-state index in [0.29, 0.717) is 5.92 Å². The Labute approximate surface area is 123 Å². The summed E-state index contributed by atoms with van der Waals surface area (Å²) in [5, 5.41) is 9.57. The number of halogens is 1. The molecule has 2 rings (SSSR count). The van der Waals surface area contributed by atoms with Crippen LogP contribution in [-0.4, -0.2) is 42.4 Å². The quantitative estimate of drug-likeness (QED) is 0.902. The first-order valence-corrected chi connectivity index (χ1v) is 7.73. The molecule has 0 aromatic heterocycles. The molecule has 106 valence electrons. The number of hydrogen-bond acceptors (Lipinski definition) is 3.